The van der Waals surface area contributed by atoms with E-state index in [1.165, 1.54) is 11.3 Å². The smallest absolute Gasteiger partial charge is 0.171 e. The van der Waals surface area contributed by atoms with Gasteiger partial charge in [0.05, 0.1) is 17.5 Å². The Bertz CT molecular complexity index is 698. The molecule has 0 aliphatic rings. The fourth-order valence-electron chi connectivity index (χ4n) is 2.02. The molecular formula is C14H12N2OS. The van der Waals surface area contributed by atoms with Crippen molar-refractivity contribution in [3.05, 3.63) is 52.5 Å². The molecule has 2 aromatic heterocycles. The summed E-state index contributed by atoms with van der Waals surface area (Å²) in [5.41, 5.74) is 2.77. The Hall–Kier alpha value is -1.94. The zero-order valence-corrected chi connectivity index (χ0v) is 10.8. The molecule has 90 valence electrons. The number of imidazole rings is 1. The van der Waals surface area contributed by atoms with Crippen LogP contribution in [-0.4, -0.2) is 15.3 Å². The average molecular weight is 256 g/mol. The largest absolute Gasteiger partial charge is 0.331 e. The van der Waals surface area contributed by atoms with Gasteiger partial charge in [-0.1, -0.05) is 12.1 Å². The van der Waals surface area contributed by atoms with Gasteiger partial charge in [0.15, 0.2) is 5.78 Å². The molecular weight excluding hydrogens is 244 g/mol. The molecule has 0 spiro atoms. The van der Waals surface area contributed by atoms with Crippen molar-refractivity contribution in [2.24, 2.45) is 7.05 Å². The molecule has 3 aromatic rings. The second-order valence-electron chi connectivity index (χ2n) is 4.19. The molecule has 0 amide bonds. The number of para-hydroxylation sites is 2. The number of fused-ring (bicyclic) bond motifs is 1. The number of aryl methyl sites for hydroxylation is 1. The fraction of sp³-hybridized carbons (Fsp3) is 0.143. The molecule has 0 unspecified atom stereocenters. The number of ketones is 1. The van der Waals surface area contributed by atoms with E-state index >= 15 is 0 Å². The number of thiophene rings is 1. The molecule has 1 aromatic carbocycles. The summed E-state index contributed by atoms with van der Waals surface area (Å²) in [6.45, 7) is 0. The highest BCUT2D eigenvalue weighted by atomic mass is 32.1. The molecule has 0 saturated carbocycles. The quantitative estimate of drug-likeness (QED) is 0.675. The molecule has 0 aliphatic heterocycles. The van der Waals surface area contributed by atoms with Gasteiger partial charge in [-0.25, -0.2) is 4.98 Å². The second-order valence-corrected chi connectivity index (χ2v) is 4.97. The number of benzene rings is 1. The topological polar surface area (TPSA) is 34.9 Å². The van der Waals surface area contributed by atoms with Crippen LogP contribution in [0.4, 0.5) is 0 Å². The molecule has 0 fully saturated rings. The maximum Gasteiger partial charge on any atom is 0.171 e. The molecule has 0 saturated heterocycles. The van der Waals surface area contributed by atoms with Gasteiger partial charge >= 0.3 is 0 Å². The van der Waals surface area contributed by atoms with E-state index in [9.17, 15) is 4.79 Å². The fourth-order valence-corrected chi connectivity index (χ4v) is 2.68. The van der Waals surface area contributed by atoms with Crippen LogP contribution in [0.2, 0.25) is 0 Å². The van der Waals surface area contributed by atoms with Crippen molar-refractivity contribution in [1.82, 2.24) is 9.55 Å². The number of rotatable bonds is 3. The summed E-state index contributed by atoms with van der Waals surface area (Å²) in [6.07, 6.45) is 0.349. The predicted octanol–water partition coefficient (Wildman–Crippen LogP) is 3.06. The lowest BCUT2D eigenvalue weighted by molar-refractivity contribution is 0.0990. The van der Waals surface area contributed by atoms with Gasteiger partial charge in [0, 0.05) is 18.0 Å². The molecule has 3 rings (SSSR count). The van der Waals surface area contributed by atoms with Crippen molar-refractivity contribution in [1.29, 1.82) is 0 Å². The molecule has 0 atom stereocenters. The summed E-state index contributed by atoms with van der Waals surface area (Å²) >= 11 is 1.54. The summed E-state index contributed by atoms with van der Waals surface area (Å²) < 4.78 is 1.99. The van der Waals surface area contributed by atoms with Gasteiger partial charge < -0.3 is 4.57 Å². The van der Waals surface area contributed by atoms with E-state index in [0.717, 1.165) is 22.4 Å². The third-order valence-electron chi connectivity index (χ3n) is 3.04. The number of hydrogen-bond acceptors (Lipinski definition) is 3. The first kappa shape index (κ1) is 11.2. The van der Waals surface area contributed by atoms with Crippen molar-refractivity contribution in [3.63, 3.8) is 0 Å². The van der Waals surface area contributed by atoms with Crippen molar-refractivity contribution in [3.8, 4) is 0 Å². The third kappa shape index (κ3) is 1.84. The zero-order valence-electron chi connectivity index (χ0n) is 9.96. The summed E-state index contributed by atoms with van der Waals surface area (Å²) in [7, 11) is 1.95. The number of hydrogen-bond donors (Lipinski definition) is 0. The highest BCUT2D eigenvalue weighted by Gasteiger charge is 2.13. The Morgan fingerprint density at radius 3 is 2.89 bits per heavy atom. The van der Waals surface area contributed by atoms with Gasteiger partial charge in [0.25, 0.3) is 0 Å². The van der Waals surface area contributed by atoms with Gasteiger partial charge in [0.2, 0.25) is 0 Å². The number of carbonyl (C=O) groups is 1. The lowest BCUT2D eigenvalue weighted by atomic mass is 10.1. The van der Waals surface area contributed by atoms with Crippen LogP contribution in [0.15, 0.2) is 41.1 Å². The van der Waals surface area contributed by atoms with Crippen molar-refractivity contribution in [2.45, 2.75) is 6.42 Å². The molecule has 0 bridgehead atoms. The predicted molar refractivity (Wildman–Crippen MR) is 73.1 cm³/mol. The minimum atomic E-state index is 0.120. The van der Waals surface area contributed by atoms with E-state index in [1.54, 1.807) is 0 Å². The van der Waals surface area contributed by atoms with Crippen LogP contribution in [-0.2, 0) is 13.5 Å². The van der Waals surface area contributed by atoms with Crippen LogP contribution in [0.25, 0.3) is 11.0 Å². The molecule has 18 heavy (non-hydrogen) atoms. The SMILES string of the molecule is Cn1c(CC(=O)c2ccsc2)nc2ccccc21. The lowest BCUT2D eigenvalue weighted by Gasteiger charge is -2.00. The molecule has 0 N–H and O–H groups in total. The van der Waals surface area contributed by atoms with E-state index in [0.29, 0.717) is 6.42 Å². The van der Waals surface area contributed by atoms with Crippen LogP contribution >= 0.6 is 11.3 Å². The van der Waals surface area contributed by atoms with Crippen molar-refractivity contribution >= 4 is 28.2 Å². The summed E-state index contributed by atoms with van der Waals surface area (Å²) in [6, 6.07) is 9.78. The molecule has 4 heteroatoms. The Kier molecular flexibility index (Phi) is 2.72. The minimum Gasteiger partial charge on any atom is -0.331 e. The first-order chi connectivity index (χ1) is 8.75. The van der Waals surface area contributed by atoms with Crippen molar-refractivity contribution < 1.29 is 4.79 Å². The Labute approximate surface area is 109 Å². The Morgan fingerprint density at radius 2 is 2.17 bits per heavy atom. The van der Waals surface area contributed by atoms with E-state index in [-0.39, 0.29) is 5.78 Å². The van der Waals surface area contributed by atoms with Crippen LogP contribution in [0.3, 0.4) is 0 Å². The summed E-state index contributed by atoms with van der Waals surface area (Å²) in [4.78, 5) is 16.6. The zero-order chi connectivity index (χ0) is 12.5. The minimum absolute atomic E-state index is 0.120. The molecule has 0 aliphatic carbocycles. The number of aromatic nitrogens is 2. The second kappa shape index (κ2) is 4.38. The van der Waals surface area contributed by atoms with E-state index in [4.69, 9.17) is 0 Å². The summed E-state index contributed by atoms with van der Waals surface area (Å²) in [5, 5.41) is 3.80. The van der Waals surface area contributed by atoms with Crippen LogP contribution in [0.5, 0.6) is 0 Å². The molecule has 2 heterocycles. The normalized spacial score (nSPS) is 10.9. The van der Waals surface area contributed by atoms with Crippen LogP contribution in [0, 0.1) is 0 Å². The lowest BCUT2D eigenvalue weighted by Crippen LogP contribution is -2.07. The highest BCUT2D eigenvalue weighted by molar-refractivity contribution is 7.08. The third-order valence-corrected chi connectivity index (χ3v) is 3.72. The monoisotopic (exact) mass is 256 g/mol. The van der Waals surface area contributed by atoms with Crippen molar-refractivity contribution in [2.75, 3.05) is 0 Å². The first-order valence-corrected chi connectivity index (χ1v) is 6.66. The summed E-state index contributed by atoms with van der Waals surface area (Å²) in [5.74, 6) is 0.932. The maximum absolute atomic E-state index is 12.1. The maximum atomic E-state index is 12.1. The highest BCUT2D eigenvalue weighted by Crippen LogP contribution is 2.16. The number of nitrogens with zero attached hydrogens (tertiary/aromatic N) is 2. The van der Waals surface area contributed by atoms with Gasteiger partial charge in [-0.15, -0.1) is 0 Å². The van der Waals surface area contributed by atoms with E-state index < -0.39 is 0 Å². The van der Waals surface area contributed by atoms with Gasteiger partial charge in [-0.3, -0.25) is 4.79 Å². The number of carbonyl (C=O) groups excluding carboxylic acids is 1. The number of Topliss-reactive ketones (excluding diaryl/α,β-unsaturated/α-hetero) is 1. The van der Waals surface area contributed by atoms with Gasteiger partial charge in [0.1, 0.15) is 5.82 Å². The molecule has 3 nitrogen and oxygen atoms in total. The average Bonchev–Trinajstić information content (AvgIpc) is 3.00. The van der Waals surface area contributed by atoms with Crippen LogP contribution < -0.4 is 0 Å². The van der Waals surface area contributed by atoms with E-state index in [2.05, 4.69) is 4.98 Å². The Morgan fingerprint density at radius 1 is 1.33 bits per heavy atom. The van der Waals surface area contributed by atoms with E-state index in [1.807, 2.05) is 52.7 Å². The van der Waals surface area contributed by atoms with Gasteiger partial charge in [-0.05, 0) is 23.6 Å². The Balaban J connectivity index is 1.96. The first-order valence-electron chi connectivity index (χ1n) is 5.71. The van der Waals surface area contributed by atoms with Gasteiger partial charge in [-0.2, -0.15) is 11.3 Å². The standard InChI is InChI=1S/C14H12N2OS/c1-16-12-5-3-2-4-11(12)15-14(16)8-13(17)10-6-7-18-9-10/h2-7,9H,8H2,1H3. The molecule has 0 radical (unpaired) electrons. The van der Waals surface area contributed by atoms with Crippen LogP contribution in [0.1, 0.15) is 16.2 Å².